The highest BCUT2D eigenvalue weighted by Crippen LogP contribution is 2.26. The van der Waals surface area contributed by atoms with E-state index in [9.17, 15) is 14.4 Å². The summed E-state index contributed by atoms with van der Waals surface area (Å²) < 4.78 is 1.63. The molecule has 1 fully saturated rings. The van der Waals surface area contributed by atoms with Gasteiger partial charge in [-0.25, -0.2) is 9.50 Å². The molecule has 3 heterocycles. The Morgan fingerprint density at radius 1 is 1.06 bits per heavy atom. The summed E-state index contributed by atoms with van der Waals surface area (Å²) in [6.07, 6.45) is 8.28. The van der Waals surface area contributed by atoms with E-state index in [2.05, 4.69) is 20.7 Å². The zero-order valence-electron chi connectivity index (χ0n) is 19.1. The molecule has 8 nitrogen and oxygen atoms in total. The average molecular weight is 488 g/mol. The second kappa shape index (κ2) is 10.2. The van der Waals surface area contributed by atoms with Gasteiger partial charge in [0.2, 0.25) is 17.6 Å². The van der Waals surface area contributed by atoms with Crippen molar-refractivity contribution in [3.8, 4) is 11.3 Å². The molecule has 2 N–H and O–H groups in total. The summed E-state index contributed by atoms with van der Waals surface area (Å²) in [6, 6.07) is 12.8. The van der Waals surface area contributed by atoms with Crippen LogP contribution in [-0.4, -0.2) is 38.7 Å². The lowest BCUT2D eigenvalue weighted by Crippen LogP contribution is -2.37. The molecule has 0 atom stereocenters. The molecule has 1 aromatic carbocycles. The Hall–Kier alpha value is -3.85. The van der Waals surface area contributed by atoms with Crippen LogP contribution >= 0.6 is 11.3 Å². The van der Waals surface area contributed by atoms with Gasteiger partial charge in [-0.1, -0.05) is 37.5 Å². The van der Waals surface area contributed by atoms with E-state index < -0.39 is 0 Å². The maximum atomic E-state index is 12.9. The van der Waals surface area contributed by atoms with Crippen molar-refractivity contribution in [2.75, 3.05) is 11.9 Å². The molecule has 178 valence electrons. The number of hydrogen-bond acceptors (Lipinski definition) is 6. The number of aromatic nitrogens is 3. The van der Waals surface area contributed by atoms with Gasteiger partial charge in [0.1, 0.15) is 0 Å². The summed E-state index contributed by atoms with van der Waals surface area (Å²) in [7, 11) is 0. The summed E-state index contributed by atoms with van der Waals surface area (Å²) in [5.74, 6) is -0.427. The molecule has 0 aliphatic heterocycles. The number of benzene rings is 1. The highest BCUT2D eigenvalue weighted by molar-refractivity contribution is 7.12. The molecule has 35 heavy (non-hydrogen) atoms. The summed E-state index contributed by atoms with van der Waals surface area (Å²) in [6.45, 7) is -0.0631. The minimum absolute atomic E-state index is 0.0136. The molecule has 5 rings (SSSR count). The van der Waals surface area contributed by atoms with Crippen molar-refractivity contribution in [3.63, 3.8) is 0 Å². The van der Waals surface area contributed by atoms with Gasteiger partial charge in [-0.15, -0.1) is 11.3 Å². The van der Waals surface area contributed by atoms with E-state index in [-0.39, 0.29) is 30.1 Å². The predicted octanol–water partition coefficient (Wildman–Crippen LogP) is 4.32. The highest BCUT2D eigenvalue weighted by atomic mass is 32.1. The van der Waals surface area contributed by atoms with Crippen molar-refractivity contribution >= 4 is 40.3 Å². The van der Waals surface area contributed by atoms with Gasteiger partial charge < -0.3 is 10.6 Å². The number of ketones is 1. The first-order valence-corrected chi connectivity index (χ1v) is 12.6. The van der Waals surface area contributed by atoms with E-state index in [0.717, 1.165) is 36.9 Å². The fraction of sp³-hybridized carbons (Fsp3) is 0.269. The quantitative estimate of drug-likeness (QED) is 0.378. The molecule has 0 radical (unpaired) electrons. The lowest BCUT2D eigenvalue weighted by Gasteiger charge is -2.20. The normalized spacial score (nSPS) is 14.1. The lowest BCUT2D eigenvalue weighted by molar-refractivity contribution is -0.128. The Labute approximate surface area is 206 Å². The fourth-order valence-electron chi connectivity index (χ4n) is 4.45. The van der Waals surface area contributed by atoms with Crippen LogP contribution in [0.15, 0.2) is 60.2 Å². The highest BCUT2D eigenvalue weighted by Gasteiger charge is 2.21. The van der Waals surface area contributed by atoms with Crippen LogP contribution in [0.3, 0.4) is 0 Å². The molecule has 1 saturated carbocycles. The van der Waals surface area contributed by atoms with Gasteiger partial charge in [0.05, 0.1) is 28.9 Å². The molecule has 3 aromatic heterocycles. The molecule has 0 spiro atoms. The topological polar surface area (TPSA) is 105 Å². The number of hydrogen-bond donors (Lipinski definition) is 2. The largest absolute Gasteiger partial charge is 0.347 e. The molecule has 0 saturated heterocycles. The maximum Gasteiger partial charge on any atom is 0.243 e. The van der Waals surface area contributed by atoms with Crippen molar-refractivity contribution < 1.29 is 14.4 Å². The van der Waals surface area contributed by atoms with Crippen LogP contribution < -0.4 is 10.6 Å². The van der Waals surface area contributed by atoms with Crippen LogP contribution in [-0.2, 0) is 9.59 Å². The third-order valence-corrected chi connectivity index (χ3v) is 7.10. The SMILES string of the molecule is O=C(CNC(=O)C1CCCCC1)Nc1cccc(-c2ccnc3c(C(=O)c4cccs4)cnn23)c1. The molecule has 1 aliphatic rings. The standard InChI is InChI=1S/C26H25N5O3S/c32-23(16-28-26(34)17-6-2-1-3-7-17)30-19-9-4-8-18(14-19)21-11-12-27-25-20(15-29-31(21)25)24(33)22-10-5-13-35-22/h4-5,8-15,17H,1-3,6-7,16H2,(H,28,34)(H,30,32). The average Bonchev–Trinajstić information content (AvgIpc) is 3.58. The van der Waals surface area contributed by atoms with Crippen molar-refractivity contribution in [3.05, 3.63) is 70.7 Å². The van der Waals surface area contributed by atoms with Crippen molar-refractivity contribution in [2.24, 2.45) is 5.92 Å². The minimum Gasteiger partial charge on any atom is -0.347 e. The third kappa shape index (κ3) is 5.00. The number of thiophene rings is 1. The minimum atomic E-state index is -0.283. The molecule has 9 heteroatoms. The van der Waals surface area contributed by atoms with Crippen molar-refractivity contribution in [1.82, 2.24) is 19.9 Å². The van der Waals surface area contributed by atoms with Gasteiger partial charge >= 0.3 is 0 Å². The zero-order chi connectivity index (χ0) is 24.2. The van der Waals surface area contributed by atoms with Gasteiger partial charge in [0, 0.05) is 23.4 Å². The van der Waals surface area contributed by atoms with Gasteiger partial charge in [0.25, 0.3) is 0 Å². The van der Waals surface area contributed by atoms with Crippen LogP contribution in [0.1, 0.15) is 47.3 Å². The first kappa shape index (κ1) is 22.9. The van der Waals surface area contributed by atoms with Gasteiger partial charge in [0.15, 0.2) is 5.65 Å². The Bertz CT molecular complexity index is 1370. The second-order valence-electron chi connectivity index (χ2n) is 8.61. The van der Waals surface area contributed by atoms with Crippen molar-refractivity contribution in [1.29, 1.82) is 0 Å². The lowest BCUT2D eigenvalue weighted by atomic mass is 9.89. The fourth-order valence-corrected chi connectivity index (χ4v) is 5.13. The number of anilines is 1. The number of nitrogens with zero attached hydrogens (tertiary/aromatic N) is 3. The number of carbonyl (C=O) groups is 3. The van der Waals surface area contributed by atoms with Crippen LogP contribution in [0.2, 0.25) is 0 Å². The van der Waals surface area contributed by atoms with Gasteiger partial charge in [-0.2, -0.15) is 5.10 Å². The van der Waals surface area contributed by atoms with E-state index in [4.69, 9.17) is 0 Å². The van der Waals surface area contributed by atoms with Crippen molar-refractivity contribution in [2.45, 2.75) is 32.1 Å². The number of amides is 2. The summed E-state index contributed by atoms with van der Waals surface area (Å²) in [5.41, 5.74) is 3.06. The third-order valence-electron chi connectivity index (χ3n) is 6.23. The summed E-state index contributed by atoms with van der Waals surface area (Å²) >= 11 is 1.38. The first-order valence-electron chi connectivity index (χ1n) is 11.7. The number of carbonyl (C=O) groups excluding carboxylic acids is 3. The first-order chi connectivity index (χ1) is 17.1. The van der Waals surface area contributed by atoms with Crippen LogP contribution in [0.5, 0.6) is 0 Å². The van der Waals surface area contributed by atoms with E-state index in [1.807, 2.05) is 35.7 Å². The molecule has 1 aliphatic carbocycles. The maximum absolute atomic E-state index is 12.9. The Morgan fingerprint density at radius 3 is 2.71 bits per heavy atom. The molecular weight excluding hydrogens is 462 g/mol. The Morgan fingerprint density at radius 2 is 1.91 bits per heavy atom. The van der Waals surface area contributed by atoms with Gasteiger partial charge in [-0.3, -0.25) is 14.4 Å². The number of nitrogens with one attached hydrogen (secondary N) is 2. The smallest absolute Gasteiger partial charge is 0.243 e. The number of rotatable bonds is 7. The van der Waals surface area contributed by atoms with E-state index in [0.29, 0.717) is 21.8 Å². The predicted molar refractivity (Wildman–Crippen MR) is 134 cm³/mol. The molecule has 0 unspecified atom stereocenters. The van der Waals surface area contributed by atoms with Crippen LogP contribution in [0.4, 0.5) is 5.69 Å². The molecular formula is C26H25N5O3S. The molecule has 0 bridgehead atoms. The van der Waals surface area contributed by atoms with Gasteiger partial charge in [-0.05, 0) is 42.5 Å². The monoisotopic (exact) mass is 487 g/mol. The Balaban J connectivity index is 1.30. The summed E-state index contributed by atoms with van der Waals surface area (Å²) in [4.78, 5) is 42.6. The van der Waals surface area contributed by atoms with Crippen LogP contribution in [0, 0.1) is 5.92 Å². The van der Waals surface area contributed by atoms with E-state index in [1.54, 1.807) is 22.8 Å². The zero-order valence-corrected chi connectivity index (χ0v) is 19.9. The summed E-state index contributed by atoms with van der Waals surface area (Å²) in [5, 5.41) is 11.9. The molecule has 4 aromatic rings. The molecule has 2 amide bonds. The Kier molecular flexibility index (Phi) is 6.67. The van der Waals surface area contributed by atoms with Crippen LogP contribution in [0.25, 0.3) is 16.9 Å². The van der Waals surface area contributed by atoms with E-state index >= 15 is 0 Å². The van der Waals surface area contributed by atoms with E-state index in [1.165, 1.54) is 24.0 Å². The number of fused-ring (bicyclic) bond motifs is 1. The second-order valence-corrected chi connectivity index (χ2v) is 9.56.